The zero-order chi connectivity index (χ0) is 14.5. The first-order chi connectivity index (χ1) is 9.38. The van der Waals surface area contributed by atoms with E-state index in [1.165, 1.54) is 42.7 Å². The molecule has 3 rings (SSSR count). The second kappa shape index (κ2) is 5.80. The minimum absolute atomic E-state index is 0. The molecule has 0 N–H and O–H groups in total. The third kappa shape index (κ3) is 2.87. The largest absolute Gasteiger partial charge is 0.0716 e. The molecule has 2 aliphatic carbocycles. The maximum atomic E-state index is 2.50. The monoisotopic (exact) mass is 447 g/mol. The summed E-state index contributed by atoms with van der Waals surface area (Å²) in [6.45, 7) is 11.7. The van der Waals surface area contributed by atoms with Gasteiger partial charge in [-0.25, -0.2) is 0 Å². The zero-order valence-electron chi connectivity index (χ0n) is 14.1. The normalized spacial score (nSPS) is 19.3. The molecule has 0 saturated carbocycles. The van der Waals surface area contributed by atoms with Crippen LogP contribution in [0.5, 0.6) is 0 Å². The molecule has 0 amide bonds. The van der Waals surface area contributed by atoms with Crippen LogP contribution in [0.3, 0.4) is 0 Å². The van der Waals surface area contributed by atoms with Gasteiger partial charge in [-0.15, -0.1) is 0 Å². The Morgan fingerprint density at radius 2 is 1.52 bits per heavy atom. The number of hydrogen-bond acceptors (Lipinski definition) is 0. The van der Waals surface area contributed by atoms with Crippen molar-refractivity contribution in [1.82, 2.24) is 0 Å². The summed E-state index contributed by atoms with van der Waals surface area (Å²) in [6.07, 6.45) is 9.80. The van der Waals surface area contributed by atoms with Crippen molar-refractivity contribution >= 4 is 6.08 Å². The van der Waals surface area contributed by atoms with Crippen molar-refractivity contribution in [1.29, 1.82) is 0 Å². The fourth-order valence-corrected chi connectivity index (χ4v) is 3.95. The summed E-state index contributed by atoms with van der Waals surface area (Å²) >= 11 is 0. The quantitative estimate of drug-likeness (QED) is 0.521. The Balaban J connectivity index is 0.00000161. The van der Waals surface area contributed by atoms with E-state index in [0.29, 0.717) is 5.41 Å². The summed E-state index contributed by atoms with van der Waals surface area (Å²) in [5.74, 6) is 1.50. The van der Waals surface area contributed by atoms with E-state index >= 15 is 0 Å². The zero-order valence-corrected chi connectivity index (χ0v) is 17.7. The third-order valence-electron chi connectivity index (χ3n) is 5.53. The number of fused-ring (bicyclic) bond motifs is 2. The summed E-state index contributed by atoms with van der Waals surface area (Å²) in [7, 11) is 0. The van der Waals surface area contributed by atoms with Gasteiger partial charge in [-0.3, -0.25) is 0 Å². The molecule has 0 spiro atoms. The van der Waals surface area contributed by atoms with E-state index in [-0.39, 0.29) is 31.3 Å². The molecule has 0 saturated heterocycles. The van der Waals surface area contributed by atoms with E-state index in [9.17, 15) is 0 Å². The number of hydrogen-bond donors (Lipinski definition) is 0. The second-order valence-corrected chi connectivity index (χ2v) is 7.77. The topological polar surface area (TPSA) is 0 Å². The average molecular weight is 446 g/mol. The SMILES string of the molecule is CCC1(CC)Cc2cc3c(cc2C1)[C](C(C)(C)C)C=C3.[Hf]. The maximum Gasteiger partial charge on any atom is 0.0326 e. The van der Waals surface area contributed by atoms with Gasteiger partial charge in [0, 0.05) is 31.8 Å². The van der Waals surface area contributed by atoms with Crippen molar-refractivity contribution in [3.63, 3.8) is 0 Å². The fraction of sp³-hybridized carbons (Fsp3) is 0.550. The van der Waals surface area contributed by atoms with Crippen LogP contribution in [0.15, 0.2) is 18.2 Å². The van der Waals surface area contributed by atoms with E-state index in [2.05, 4.69) is 58.9 Å². The molecule has 1 heteroatoms. The van der Waals surface area contributed by atoms with Crippen LogP contribution in [0.2, 0.25) is 0 Å². The van der Waals surface area contributed by atoms with Gasteiger partial charge in [-0.2, -0.15) is 0 Å². The Hall–Kier alpha value is -0.170. The van der Waals surface area contributed by atoms with Gasteiger partial charge in [0.1, 0.15) is 0 Å². The summed E-state index contributed by atoms with van der Waals surface area (Å²) in [5, 5.41) is 0. The van der Waals surface area contributed by atoms with Gasteiger partial charge in [-0.1, -0.05) is 58.9 Å². The van der Waals surface area contributed by atoms with Crippen molar-refractivity contribution in [3.05, 3.63) is 46.4 Å². The summed E-state index contributed by atoms with van der Waals surface area (Å²) in [6, 6.07) is 4.96. The number of rotatable bonds is 2. The van der Waals surface area contributed by atoms with Crippen molar-refractivity contribution in [2.24, 2.45) is 10.8 Å². The predicted octanol–water partition coefficient (Wildman–Crippen LogP) is 5.58. The Labute approximate surface area is 149 Å². The van der Waals surface area contributed by atoms with E-state index in [1.807, 2.05) is 0 Å². The molecule has 1 radical (unpaired) electrons. The van der Waals surface area contributed by atoms with Crippen LogP contribution < -0.4 is 0 Å². The Kier molecular flexibility index (Phi) is 4.74. The molecule has 21 heavy (non-hydrogen) atoms. The van der Waals surface area contributed by atoms with Gasteiger partial charge < -0.3 is 0 Å². The molecule has 1 aromatic carbocycles. The Bertz CT molecular complexity index is 556. The minimum Gasteiger partial charge on any atom is -0.0716 e. The molecular formula is C20H27Hf. The first-order valence-electron chi connectivity index (χ1n) is 8.10. The molecule has 2 aliphatic rings. The van der Waals surface area contributed by atoms with E-state index in [4.69, 9.17) is 0 Å². The molecule has 1 aromatic rings. The van der Waals surface area contributed by atoms with Crippen LogP contribution in [0.1, 0.15) is 69.7 Å². The Morgan fingerprint density at radius 1 is 0.952 bits per heavy atom. The molecular weight excluding hydrogens is 419 g/mol. The summed E-state index contributed by atoms with van der Waals surface area (Å²) < 4.78 is 0. The molecule has 0 unspecified atom stereocenters. The van der Waals surface area contributed by atoms with Crippen molar-refractivity contribution in [3.8, 4) is 0 Å². The van der Waals surface area contributed by atoms with Crippen LogP contribution in [-0.4, -0.2) is 0 Å². The second-order valence-electron chi connectivity index (χ2n) is 7.77. The standard InChI is InChI=1S/C20H27.Hf/c1-6-20(7-2)12-15-10-14-8-9-18(19(3,4)5)17(14)11-16(15)13-20;/h8-11H,6-7,12-13H2,1-5H3;. The van der Waals surface area contributed by atoms with E-state index in [0.717, 1.165) is 0 Å². The van der Waals surface area contributed by atoms with Crippen molar-refractivity contribution in [2.45, 2.75) is 60.3 Å². The molecule has 111 valence electrons. The van der Waals surface area contributed by atoms with Gasteiger partial charge >= 0.3 is 0 Å². The number of benzene rings is 1. The number of allylic oxidation sites excluding steroid dienone is 1. The molecule has 0 aliphatic heterocycles. The van der Waals surface area contributed by atoms with Gasteiger partial charge in [0.15, 0.2) is 0 Å². The first-order valence-corrected chi connectivity index (χ1v) is 8.10. The van der Waals surface area contributed by atoms with Gasteiger partial charge in [0.25, 0.3) is 0 Å². The fourth-order valence-electron chi connectivity index (χ4n) is 3.95. The molecule has 0 nitrogen and oxygen atoms in total. The third-order valence-corrected chi connectivity index (χ3v) is 5.53. The van der Waals surface area contributed by atoms with E-state index in [1.54, 1.807) is 11.1 Å². The van der Waals surface area contributed by atoms with Crippen molar-refractivity contribution < 1.29 is 25.8 Å². The molecule has 0 atom stereocenters. The van der Waals surface area contributed by atoms with E-state index < -0.39 is 0 Å². The molecule has 0 fully saturated rings. The van der Waals surface area contributed by atoms with Gasteiger partial charge in [0.05, 0.1) is 0 Å². The van der Waals surface area contributed by atoms with Crippen LogP contribution in [-0.2, 0) is 38.7 Å². The van der Waals surface area contributed by atoms with Crippen molar-refractivity contribution in [2.75, 3.05) is 0 Å². The Morgan fingerprint density at radius 3 is 2.05 bits per heavy atom. The first kappa shape index (κ1) is 17.2. The van der Waals surface area contributed by atoms with Crippen LogP contribution >= 0.6 is 0 Å². The predicted molar refractivity (Wildman–Crippen MR) is 87.7 cm³/mol. The smallest absolute Gasteiger partial charge is 0.0326 e. The minimum atomic E-state index is 0. The van der Waals surface area contributed by atoms with Crippen LogP contribution in [0.25, 0.3) is 6.08 Å². The molecule has 0 aromatic heterocycles. The van der Waals surface area contributed by atoms with Gasteiger partial charge in [-0.05, 0) is 58.8 Å². The summed E-state index contributed by atoms with van der Waals surface area (Å²) in [4.78, 5) is 0. The molecule has 0 heterocycles. The van der Waals surface area contributed by atoms with Crippen LogP contribution in [0, 0.1) is 16.7 Å². The van der Waals surface area contributed by atoms with Gasteiger partial charge in [0.2, 0.25) is 0 Å². The molecule has 0 bridgehead atoms. The maximum absolute atomic E-state index is 2.50. The summed E-state index contributed by atoms with van der Waals surface area (Å²) in [5.41, 5.74) is 6.91. The van der Waals surface area contributed by atoms with Crippen LogP contribution in [0.4, 0.5) is 0 Å². The average Bonchev–Trinajstić information content (AvgIpc) is 2.95.